The van der Waals surface area contributed by atoms with E-state index in [-0.39, 0.29) is 15.0 Å². The molecule has 0 saturated heterocycles. The van der Waals surface area contributed by atoms with Crippen LogP contribution < -0.4 is 0 Å². The van der Waals surface area contributed by atoms with Crippen LogP contribution in [0.4, 0.5) is 0 Å². The average Bonchev–Trinajstić information content (AvgIpc) is 2.67. The summed E-state index contributed by atoms with van der Waals surface area (Å²) in [5, 5.41) is 3.56. The molecular formula is C4H4N4Se2. The molecule has 4 nitrogen and oxygen atoms in total. The van der Waals surface area contributed by atoms with E-state index in [0.29, 0.717) is 14.7 Å². The molecule has 2 heterocycles. The van der Waals surface area contributed by atoms with Crippen LogP contribution in [0.25, 0.3) is 0 Å². The van der Waals surface area contributed by atoms with E-state index in [1.54, 1.807) is 18.6 Å². The summed E-state index contributed by atoms with van der Waals surface area (Å²) < 4.78 is 11.3. The molecule has 0 amide bonds. The van der Waals surface area contributed by atoms with E-state index >= 15 is 0 Å². The SMILES string of the molecule is c1c[se]nn1.c1cn[se]n1. The van der Waals surface area contributed by atoms with Crippen LogP contribution in [0.1, 0.15) is 0 Å². The van der Waals surface area contributed by atoms with Crippen LogP contribution in [-0.2, 0) is 0 Å². The van der Waals surface area contributed by atoms with Gasteiger partial charge in [-0.1, -0.05) is 0 Å². The Morgan fingerprint density at radius 3 is 2.00 bits per heavy atom. The van der Waals surface area contributed by atoms with Gasteiger partial charge >= 0.3 is 70.4 Å². The van der Waals surface area contributed by atoms with Gasteiger partial charge in [0.2, 0.25) is 0 Å². The van der Waals surface area contributed by atoms with Crippen molar-refractivity contribution in [2.75, 3.05) is 0 Å². The van der Waals surface area contributed by atoms with Crippen molar-refractivity contribution in [2.45, 2.75) is 0 Å². The monoisotopic (exact) mass is 268 g/mol. The normalized spacial score (nSPS) is 8.00. The quantitative estimate of drug-likeness (QED) is 0.578. The summed E-state index contributed by atoms with van der Waals surface area (Å²) in [6.45, 7) is 0. The maximum atomic E-state index is 3.80. The van der Waals surface area contributed by atoms with Gasteiger partial charge in [0, 0.05) is 0 Å². The third-order valence-electron chi connectivity index (χ3n) is 0.565. The molecule has 0 radical (unpaired) electrons. The van der Waals surface area contributed by atoms with Crippen molar-refractivity contribution >= 4 is 29.7 Å². The van der Waals surface area contributed by atoms with E-state index in [1.807, 2.05) is 4.94 Å². The standard InChI is InChI=1S/2C2H2N2Se/c1-2-5-4-3-1;1-2-4-5-3-1/h2*1-2H. The summed E-state index contributed by atoms with van der Waals surface area (Å²) in [7, 11) is 0. The van der Waals surface area contributed by atoms with Gasteiger partial charge < -0.3 is 0 Å². The van der Waals surface area contributed by atoms with E-state index in [9.17, 15) is 0 Å². The van der Waals surface area contributed by atoms with Crippen molar-refractivity contribution in [3.05, 3.63) is 23.5 Å². The fourth-order valence-corrected chi connectivity index (χ4v) is 1.41. The van der Waals surface area contributed by atoms with Crippen LogP contribution in [-0.4, -0.2) is 46.8 Å². The summed E-state index contributed by atoms with van der Waals surface area (Å²) in [5.41, 5.74) is 0. The molecule has 0 aliphatic carbocycles. The zero-order valence-corrected chi connectivity index (χ0v) is 8.34. The minimum absolute atomic E-state index is 0.208. The van der Waals surface area contributed by atoms with Crippen LogP contribution in [0.5, 0.6) is 0 Å². The Kier molecular flexibility index (Phi) is 4.30. The molecular weight excluding hydrogens is 262 g/mol. The molecule has 6 heteroatoms. The second kappa shape index (κ2) is 5.50. The van der Waals surface area contributed by atoms with Crippen molar-refractivity contribution in [2.24, 2.45) is 0 Å². The van der Waals surface area contributed by atoms with Gasteiger partial charge in [0.15, 0.2) is 0 Å². The zero-order chi connectivity index (χ0) is 7.07. The molecule has 0 aromatic carbocycles. The Hall–Kier alpha value is -0.281. The first-order valence-electron chi connectivity index (χ1n) is 2.42. The van der Waals surface area contributed by atoms with E-state index in [1.165, 1.54) is 0 Å². The van der Waals surface area contributed by atoms with Gasteiger partial charge in [-0.05, 0) is 0 Å². The van der Waals surface area contributed by atoms with Gasteiger partial charge in [0.25, 0.3) is 0 Å². The number of aromatic nitrogens is 4. The topological polar surface area (TPSA) is 51.6 Å². The van der Waals surface area contributed by atoms with Crippen LogP contribution in [0, 0.1) is 0 Å². The van der Waals surface area contributed by atoms with Crippen LogP contribution in [0.15, 0.2) is 23.5 Å². The Morgan fingerprint density at radius 1 is 1.00 bits per heavy atom. The summed E-state index contributed by atoms with van der Waals surface area (Å²) in [4.78, 5) is 1.97. The summed E-state index contributed by atoms with van der Waals surface area (Å²) in [6, 6.07) is 0. The third kappa shape index (κ3) is 3.69. The minimum atomic E-state index is 0.208. The van der Waals surface area contributed by atoms with Gasteiger partial charge in [0.1, 0.15) is 0 Å². The first kappa shape index (κ1) is 7.82. The molecule has 0 atom stereocenters. The molecule has 2 aromatic heterocycles. The molecule has 2 aromatic rings. The van der Waals surface area contributed by atoms with Crippen LogP contribution in [0.2, 0.25) is 0 Å². The molecule has 0 unspecified atom stereocenters. The van der Waals surface area contributed by atoms with E-state index < -0.39 is 0 Å². The number of hydrogen-bond acceptors (Lipinski definition) is 4. The molecule has 0 spiro atoms. The molecule has 2 rings (SSSR count). The van der Waals surface area contributed by atoms with Crippen LogP contribution in [0.3, 0.4) is 0 Å². The molecule has 0 saturated carbocycles. The molecule has 0 N–H and O–H groups in total. The summed E-state index contributed by atoms with van der Waals surface area (Å²) >= 11 is 0.556. The van der Waals surface area contributed by atoms with Gasteiger partial charge in [-0.15, -0.1) is 0 Å². The fraction of sp³-hybridized carbons (Fsp3) is 0. The average molecular weight is 266 g/mol. The van der Waals surface area contributed by atoms with Crippen molar-refractivity contribution in [1.82, 2.24) is 17.2 Å². The molecule has 52 valence electrons. The Balaban J connectivity index is 0.0000001000. The van der Waals surface area contributed by atoms with Gasteiger partial charge in [-0.3, -0.25) is 0 Å². The second-order valence-electron chi connectivity index (χ2n) is 1.18. The maximum absolute atomic E-state index is 3.80. The van der Waals surface area contributed by atoms with Crippen molar-refractivity contribution in [3.8, 4) is 0 Å². The first-order valence-corrected chi connectivity index (χ1v) is 5.71. The van der Waals surface area contributed by atoms with Crippen LogP contribution >= 0.6 is 0 Å². The van der Waals surface area contributed by atoms with E-state index in [2.05, 4.69) is 17.2 Å². The molecule has 0 aliphatic heterocycles. The molecule has 0 bridgehead atoms. The van der Waals surface area contributed by atoms with Crippen molar-refractivity contribution in [1.29, 1.82) is 0 Å². The fourth-order valence-electron chi connectivity index (χ4n) is 0.272. The van der Waals surface area contributed by atoms with Crippen molar-refractivity contribution in [3.63, 3.8) is 0 Å². The summed E-state index contributed by atoms with van der Waals surface area (Å²) in [5.74, 6) is 0. The zero-order valence-electron chi connectivity index (χ0n) is 4.91. The molecule has 10 heavy (non-hydrogen) atoms. The number of nitrogens with zero attached hydrogens (tertiary/aromatic N) is 4. The first-order chi connectivity index (χ1) is 5.00. The van der Waals surface area contributed by atoms with Gasteiger partial charge in [0.05, 0.1) is 0 Å². The van der Waals surface area contributed by atoms with Gasteiger partial charge in [-0.25, -0.2) is 0 Å². The Labute approximate surface area is 70.5 Å². The predicted molar refractivity (Wildman–Crippen MR) is 37.9 cm³/mol. The second-order valence-corrected chi connectivity index (χ2v) is 3.76. The number of rotatable bonds is 0. The third-order valence-corrected chi connectivity index (χ3v) is 2.38. The Bertz CT molecular complexity index is 154. The van der Waals surface area contributed by atoms with Crippen molar-refractivity contribution < 1.29 is 0 Å². The predicted octanol–water partition coefficient (Wildman–Crippen LogP) is -0.933. The molecule has 0 aliphatic rings. The number of hydrogen-bond donors (Lipinski definition) is 0. The summed E-state index contributed by atoms with van der Waals surface area (Å²) in [6.07, 6.45) is 5.17. The van der Waals surface area contributed by atoms with Gasteiger partial charge in [-0.2, -0.15) is 0 Å². The van der Waals surface area contributed by atoms with E-state index in [4.69, 9.17) is 0 Å². The van der Waals surface area contributed by atoms with E-state index in [0.717, 1.165) is 0 Å². The molecule has 0 fully saturated rings. The Morgan fingerprint density at radius 2 is 1.80 bits per heavy atom.